The number of aryl methyl sites for hydroxylation is 2. The van der Waals surface area contributed by atoms with Gasteiger partial charge in [0.2, 0.25) is 5.91 Å². The van der Waals surface area contributed by atoms with E-state index in [1.165, 1.54) is 6.07 Å². The minimum atomic E-state index is -0.0639. The predicted molar refractivity (Wildman–Crippen MR) is 110 cm³/mol. The molecule has 2 aromatic rings. The third-order valence-electron chi connectivity index (χ3n) is 4.57. The standard InChI is InChI=1S/C22H30N2O3/c1-5-7-16(8-6-2)22(26)24-19-13-18(9-10-20(19)25)27-21-14(3)11-17(23)12-15(21)4/h9-13,16,25H,5-8,23H2,1-4H3,(H,24,26). The van der Waals surface area contributed by atoms with E-state index in [0.717, 1.165) is 42.6 Å². The minimum Gasteiger partial charge on any atom is -0.506 e. The highest BCUT2D eigenvalue weighted by Gasteiger charge is 2.18. The van der Waals surface area contributed by atoms with Crippen LogP contribution in [0.25, 0.3) is 0 Å². The smallest absolute Gasteiger partial charge is 0.227 e. The molecule has 0 heterocycles. The second-order valence-electron chi connectivity index (χ2n) is 7.03. The molecule has 0 fully saturated rings. The van der Waals surface area contributed by atoms with Crippen molar-refractivity contribution in [3.63, 3.8) is 0 Å². The summed E-state index contributed by atoms with van der Waals surface area (Å²) in [6.45, 7) is 8.00. The van der Waals surface area contributed by atoms with Crippen molar-refractivity contribution < 1.29 is 14.6 Å². The molecule has 0 unspecified atom stereocenters. The lowest BCUT2D eigenvalue weighted by atomic mass is 9.97. The first kappa shape index (κ1) is 20.6. The molecular weight excluding hydrogens is 340 g/mol. The van der Waals surface area contributed by atoms with Gasteiger partial charge in [0.15, 0.2) is 0 Å². The number of hydrogen-bond acceptors (Lipinski definition) is 4. The summed E-state index contributed by atoms with van der Waals surface area (Å²) in [6, 6.07) is 8.56. The monoisotopic (exact) mass is 370 g/mol. The Morgan fingerprint density at radius 2 is 1.70 bits per heavy atom. The number of rotatable bonds is 8. The van der Waals surface area contributed by atoms with E-state index in [2.05, 4.69) is 19.2 Å². The van der Waals surface area contributed by atoms with Gasteiger partial charge < -0.3 is 20.9 Å². The van der Waals surface area contributed by atoms with Crippen molar-refractivity contribution in [2.75, 3.05) is 11.1 Å². The van der Waals surface area contributed by atoms with Crippen LogP contribution in [0.1, 0.15) is 50.7 Å². The highest BCUT2D eigenvalue weighted by Crippen LogP contribution is 2.35. The fourth-order valence-corrected chi connectivity index (χ4v) is 3.28. The van der Waals surface area contributed by atoms with Crippen molar-refractivity contribution in [2.24, 2.45) is 5.92 Å². The molecule has 0 aliphatic rings. The van der Waals surface area contributed by atoms with Gasteiger partial charge in [-0.25, -0.2) is 0 Å². The summed E-state index contributed by atoms with van der Waals surface area (Å²) < 4.78 is 6.01. The Bertz CT molecular complexity index is 773. The first-order valence-corrected chi connectivity index (χ1v) is 9.54. The number of carbonyl (C=O) groups excluding carboxylic acids is 1. The van der Waals surface area contributed by atoms with Gasteiger partial charge in [-0.15, -0.1) is 0 Å². The number of phenolic OH excluding ortho intramolecular Hbond substituents is 1. The molecule has 0 aliphatic heterocycles. The number of hydrogen-bond donors (Lipinski definition) is 3. The Hall–Kier alpha value is -2.69. The van der Waals surface area contributed by atoms with E-state index in [-0.39, 0.29) is 17.6 Å². The molecule has 0 bridgehead atoms. The van der Waals surface area contributed by atoms with Crippen molar-refractivity contribution in [3.8, 4) is 17.2 Å². The van der Waals surface area contributed by atoms with E-state index in [1.807, 2.05) is 26.0 Å². The summed E-state index contributed by atoms with van der Waals surface area (Å²) in [4.78, 5) is 12.6. The highest BCUT2D eigenvalue weighted by atomic mass is 16.5. The largest absolute Gasteiger partial charge is 0.506 e. The first-order valence-electron chi connectivity index (χ1n) is 9.54. The molecule has 0 aliphatic carbocycles. The maximum atomic E-state index is 12.6. The van der Waals surface area contributed by atoms with Gasteiger partial charge in [-0.2, -0.15) is 0 Å². The van der Waals surface area contributed by atoms with Crippen molar-refractivity contribution in [1.82, 2.24) is 0 Å². The number of nitrogens with two attached hydrogens (primary N) is 1. The van der Waals surface area contributed by atoms with Crippen molar-refractivity contribution in [2.45, 2.75) is 53.4 Å². The third-order valence-corrected chi connectivity index (χ3v) is 4.57. The molecule has 5 nitrogen and oxygen atoms in total. The molecule has 27 heavy (non-hydrogen) atoms. The van der Waals surface area contributed by atoms with Gasteiger partial charge in [0, 0.05) is 17.7 Å². The molecule has 0 spiro atoms. The predicted octanol–water partition coefficient (Wildman–Crippen LogP) is 5.54. The average molecular weight is 370 g/mol. The average Bonchev–Trinajstić information content (AvgIpc) is 2.60. The first-order chi connectivity index (χ1) is 12.8. The topological polar surface area (TPSA) is 84.6 Å². The maximum absolute atomic E-state index is 12.6. The Balaban J connectivity index is 2.22. The second kappa shape index (κ2) is 9.31. The van der Waals surface area contributed by atoms with Gasteiger partial charge in [-0.3, -0.25) is 4.79 Å². The van der Waals surface area contributed by atoms with Gasteiger partial charge >= 0.3 is 0 Å². The van der Waals surface area contributed by atoms with Crippen molar-refractivity contribution in [1.29, 1.82) is 0 Å². The lowest BCUT2D eigenvalue weighted by molar-refractivity contribution is -0.120. The molecule has 146 valence electrons. The number of amides is 1. The molecule has 5 heteroatoms. The number of nitrogens with one attached hydrogen (secondary N) is 1. The number of benzene rings is 2. The summed E-state index contributed by atoms with van der Waals surface area (Å²) in [6.07, 6.45) is 3.56. The highest BCUT2D eigenvalue weighted by molar-refractivity contribution is 5.94. The number of anilines is 2. The van der Waals surface area contributed by atoms with Crippen LogP contribution in [0.4, 0.5) is 11.4 Å². The normalized spacial score (nSPS) is 10.9. The summed E-state index contributed by atoms with van der Waals surface area (Å²) in [7, 11) is 0. The number of ether oxygens (including phenoxy) is 1. The van der Waals surface area contributed by atoms with E-state index in [1.54, 1.807) is 12.1 Å². The fraction of sp³-hybridized carbons (Fsp3) is 0.409. The van der Waals surface area contributed by atoms with Crippen LogP contribution in [0.2, 0.25) is 0 Å². The van der Waals surface area contributed by atoms with Gasteiger partial charge in [0.25, 0.3) is 0 Å². The van der Waals surface area contributed by atoms with Crippen molar-refractivity contribution >= 4 is 17.3 Å². The summed E-state index contributed by atoms with van der Waals surface area (Å²) in [5.41, 5.74) is 8.77. The molecule has 0 aromatic heterocycles. The van der Waals surface area contributed by atoms with Crippen LogP contribution in [-0.4, -0.2) is 11.0 Å². The molecule has 0 radical (unpaired) electrons. The number of carbonyl (C=O) groups is 1. The zero-order valence-corrected chi connectivity index (χ0v) is 16.6. The molecule has 4 N–H and O–H groups in total. The minimum absolute atomic E-state index is 0.0215. The van der Waals surface area contributed by atoms with E-state index in [0.29, 0.717) is 17.1 Å². The van der Waals surface area contributed by atoms with Gasteiger partial charge in [0.05, 0.1) is 5.69 Å². The number of nitrogen functional groups attached to an aromatic ring is 1. The summed E-state index contributed by atoms with van der Waals surface area (Å²) in [5.74, 6) is 1.17. The molecule has 0 atom stereocenters. The molecule has 1 amide bonds. The Morgan fingerprint density at radius 3 is 2.26 bits per heavy atom. The van der Waals surface area contributed by atoms with E-state index in [4.69, 9.17) is 10.5 Å². The molecule has 0 saturated heterocycles. The Labute approximate surface area is 161 Å². The Kier molecular flexibility index (Phi) is 7.11. The zero-order chi connectivity index (χ0) is 20.0. The lowest BCUT2D eigenvalue weighted by Crippen LogP contribution is -2.22. The van der Waals surface area contributed by atoms with E-state index < -0.39 is 0 Å². The maximum Gasteiger partial charge on any atom is 0.227 e. The SMILES string of the molecule is CCCC(CCC)C(=O)Nc1cc(Oc2c(C)cc(N)cc2C)ccc1O. The van der Waals surface area contributed by atoms with Gasteiger partial charge in [-0.1, -0.05) is 26.7 Å². The summed E-state index contributed by atoms with van der Waals surface area (Å²) >= 11 is 0. The fourth-order valence-electron chi connectivity index (χ4n) is 3.28. The van der Waals surface area contributed by atoms with Gasteiger partial charge in [-0.05, 0) is 62.1 Å². The van der Waals surface area contributed by atoms with Crippen LogP contribution in [0.5, 0.6) is 17.2 Å². The third kappa shape index (κ3) is 5.39. The van der Waals surface area contributed by atoms with Gasteiger partial charge in [0.1, 0.15) is 17.2 Å². The molecule has 0 saturated carbocycles. The molecule has 2 aromatic carbocycles. The van der Waals surface area contributed by atoms with Crippen LogP contribution >= 0.6 is 0 Å². The van der Waals surface area contributed by atoms with Crippen LogP contribution < -0.4 is 15.8 Å². The summed E-state index contributed by atoms with van der Waals surface area (Å²) in [5, 5.41) is 13.0. The zero-order valence-electron chi connectivity index (χ0n) is 16.6. The van der Waals surface area contributed by atoms with E-state index in [9.17, 15) is 9.90 Å². The number of phenols is 1. The molecular formula is C22H30N2O3. The van der Waals surface area contributed by atoms with Crippen molar-refractivity contribution in [3.05, 3.63) is 41.5 Å². The lowest BCUT2D eigenvalue weighted by Gasteiger charge is -2.17. The number of aromatic hydroxyl groups is 1. The van der Waals surface area contributed by atoms with Crippen LogP contribution in [0.15, 0.2) is 30.3 Å². The van der Waals surface area contributed by atoms with Crippen LogP contribution in [0, 0.1) is 19.8 Å². The second-order valence-corrected chi connectivity index (χ2v) is 7.03. The van der Waals surface area contributed by atoms with E-state index >= 15 is 0 Å². The quantitative estimate of drug-likeness (QED) is 0.421. The Morgan fingerprint density at radius 1 is 1.11 bits per heavy atom. The molecule has 2 rings (SSSR count). The van der Waals surface area contributed by atoms with Crippen LogP contribution in [0.3, 0.4) is 0 Å². The van der Waals surface area contributed by atoms with Crippen LogP contribution in [-0.2, 0) is 4.79 Å².